The van der Waals surface area contributed by atoms with Gasteiger partial charge in [-0.3, -0.25) is 0 Å². The summed E-state index contributed by atoms with van der Waals surface area (Å²) in [4.78, 5) is 10.7. The minimum atomic E-state index is -0.950. The summed E-state index contributed by atoms with van der Waals surface area (Å²) in [5.41, 5.74) is 1.84. The average molecular weight is 271 g/mol. The van der Waals surface area contributed by atoms with Crippen molar-refractivity contribution in [3.8, 4) is 5.75 Å². The molecule has 0 aliphatic rings. The van der Waals surface area contributed by atoms with Gasteiger partial charge in [-0.05, 0) is 35.4 Å². The number of ether oxygens (including phenoxy) is 1. The van der Waals surface area contributed by atoms with E-state index in [4.69, 9.17) is 15.1 Å². The highest BCUT2D eigenvalue weighted by atomic mass is 16.5. The van der Waals surface area contributed by atoms with Gasteiger partial charge in [-0.2, -0.15) is 0 Å². The van der Waals surface area contributed by atoms with Crippen LogP contribution in [0.1, 0.15) is 21.5 Å². The average Bonchev–Trinajstić information content (AvgIpc) is 2.46. The van der Waals surface area contributed by atoms with Crippen molar-refractivity contribution in [2.24, 2.45) is 5.16 Å². The molecule has 0 bridgehead atoms. The third-order valence-electron chi connectivity index (χ3n) is 2.67. The van der Waals surface area contributed by atoms with Crippen LogP contribution in [-0.2, 0) is 6.61 Å². The summed E-state index contributed by atoms with van der Waals surface area (Å²) in [6.45, 7) is 0.333. The lowest BCUT2D eigenvalue weighted by molar-refractivity contribution is 0.0697. The number of hydrogen-bond acceptors (Lipinski definition) is 4. The molecule has 2 aromatic rings. The second kappa shape index (κ2) is 6.38. The van der Waals surface area contributed by atoms with Crippen LogP contribution in [0.4, 0.5) is 0 Å². The molecule has 0 heterocycles. The zero-order valence-corrected chi connectivity index (χ0v) is 10.6. The Hall–Kier alpha value is -2.82. The fourth-order valence-electron chi connectivity index (χ4n) is 1.66. The second-order valence-corrected chi connectivity index (χ2v) is 4.11. The summed E-state index contributed by atoms with van der Waals surface area (Å²) >= 11 is 0. The van der Waals surface area contributed by atoms with Crippen molar-refractivity contribution in [3.63, 3.8) is 0 Å². The molecule has 0 amide bonds. The lowest BCUT2D eigenvalue weighted by Crippen LogP contribution is -1.99. The highest BCUT2D eigenvalue weighted by Crippen LogP contribution is 2.14. The van der Waals surface area contributed by atoms with Gasteiger partial charge >= 0.3 is 5.97 Å². The molecule has 102 valence electrons. The molecule has 2 rings (SSSR count). The Labute approximate surface area is 115 Å². The molecule has 0 atom stereocenters. The van der Waals surface area contributed by atoms with E-state index in [9.17, 15) is 4.79 Å². The van der Waals surface area contributed by atoms with Crippen molar-refractivity contribution in [3.05, 3.63) is 65.2 Å². The van der Waals surface area contributed by atoms with Crippen molar-refractivity contribution < 1.29 is 19.8 Å². The number of nitrogens with zero attached hydrogens (tertiary/aromatic N) is 1. The van der Waals surface area contributed by atoms with Crippen LogP contribution in [-0.4, -0.2) is 22.5 Å². The van der Waals surface area contributed by atoms with Gasteiger partial charge in [0.2, 0.25) is 0 Å². The van der Waals surface area contributed by atoms with Crippen LogP contribution in [0.3, 0.4) is 0 Å². The van der Waals surface area contributed by atoms with Crippen LogP contribution in [0.25, 0.3) is 0 Å². The molecule has 5 heteroatoms. The number of oxime groups is 1. The maximum Gasteiger partial charge on any atom is 0.335 e. The predicted octanol–water partition coefficient (Wildman–Crippen LogP) is 2.77. The van der Waals surface area contributed by atoms with Crippen molar-refractivity contribution >= 4 is 12.2 Å². The van der Waals surface area contributed by atoms with Crippen LogP contribution < -0.4 is 4.74 Å². The number of carboxylic acid groups (broad SMARTS) is 1. The second-order valence-electron chi connectivity index (χ2n) is 4.11. The topological polar surface area (TPSA) is 79.1 Å². The van der Waals surface area contributed by atoms with Crippen LogP contribution in [0.2, 0.25) is 0 Å². The summed E-state index contributed by atoms with van der Waals surface area (Å²) in [7, 11) is 0. The molecular weight excluding hydrogens is 258 g/mol. The van der Waals surface area contributed by atoms with E-state index in [0.717, 1.165) is 11.1 Å². The van der Waals surface area contributed by atoms with E-state index in [-0.39, 0.29) is 5.56 Å². The zero-order valence-electron chi connectivity index (χ0n) is 10.6. The van der Waals surface area contributed by atoms with E-state index in [2.05, 4.69) is 5.16 Å². The Balaban J connectivity index is 2.01. The summed E-state index contributed by atoms with van der Waals surface area (Å²) in [6, 6.07) is 13.6. The number of aromatic carboxylic acids is 1. The first-order valence-electron chi connectivity index (χ1n) is 5.91. The monoisotopic (exact) mass is 271 g/mol. The van der Waals surface area contributed by atoms with Gasteiger partial charge in [0.25, 0.3) is 0 Å². The quantitative estimate of drug-likeness (QED) is 0.498. The van der Waals surface area contributed by atoms with Crippen molar-refractivity contribution in [2.45, 2.75) is 6.61 Å². The molecule has 0 unspecified atom stereocenters. The summed E-state index contributed by atoms with van der Waals surface area (Å²) in [5, 5.41) is 20.2. The van der Waals surface area contributed by atoms with Crippen molar-refractivity contribution in [1.82, 2.24) is 0 Å². The summed E-state index contributed by atoms with van der Waals surface area (Å²) in [5.74, 6) is -0.307. The fourth-order valence-corrected chi connectivity index (χ4v) is 1.66. The normalized spacial score (nSPS) is 10.6. The number of benzene rings is 2. The highest BCUT2D eigenvalue weighted by Gasteiger charge is 2.02. The van der Waals surface area contributed by atoms with E-state index in [1.54, 1.807) is 36.4 Å². The minimum absolute atomic E-state index is 0.245. The van der Waals surface area contributed by atoms with Crippen LogP contribution >= 0.6 is 0 Å². The molecule has 20 heavy (non-hydrogen) atoms. The largest absolute Gasteiger partial charge is 0.489 e. The van der Waals surface area contributed by atoms with E-state index < -0.39 is 5.97 Å². The van der Waals surface area contributed by atoms with Crippen LogP contribution in [0.15, 0.2) is 53.7 Å². The third kappa shape index (κ3) is 3.58. The number of carboxylic acids is 1. The SMILES string of the molecule is O=C(O)c1ccc(COc2cccc(/C=N/O)c2)cc1. The van der Waals surface area contributed by atoms with Crippen LogP contribution in [0.5, 0.6) is 5.75 Å². The fraction of sp³-hybridized carbons (Fsp3) is 0.0667. The van der Waals surface area contributed by atoms with E-state index in [0.29, 0.717) is 12.4 Å². The molecule has 0 aromatic heterocycles. The Kier molecular flexibility index (Phi) is 4.34. The van der Waals surface area contributed by atoms with Crippen LogP contribution in [0, 0.1) is 0 Å². The Morgan fingerprint density at radius 2 is 1.95 bits per heavy atom. The Bertz CT molecular complexity index is 620. The molecule has 5 nitrogen and oxygen atoms in total. The first-order valence-corrected chi connectivity index (χ1v) is 5.91. The lowest BCUT2D eigenvalue weighted by Gasteiger charge is -2.07. The molecule has 0 aliphatic heterocycles. The lowest BCUT2D eigenvalue weighted by atomic mass is 10.1. The highest BCUT2D eigenvalue weighted by molar-refractivity contribution is 5.87. The molecule has 2 N–H and O–H groups in total. The van der Waals surface area contributed by atoms with Gasteiger partial charge in [-0.25, -0.2) is 4.79 Å². The molecule has 0 fully saturated rings. The standard InChI is InChI=1S/C15H13NO4/c17-15(18)13-6-4-11(5-7-13)10-20-14-3-1-2-12(8-14)9-16-19/h1-9,19H,10H2,(H,17,18)/b16-9+. The molecule has 0 saturated heterocycles. The number of rotatable bonds is 5. The van der Waals surface area contributed by atoms with E-state index in [1.807, 2.05) is 0 Å². The van der Waals surface area contributed by atoms with Crippen molar-refractivity contribution in [2.75, 3.05) is 0 Å². The Morgan fingerprint density at radius 1 is 1.20 bits per heavy atom. The zero-order chi connectivity index (χ0) is 14.4. The molecule has 0 saturated carbocycles. The minimum Gasteiger partial charge on any atom is -0.489 e. The number of carbonyl (C=O) groups is 1. The molecule has 0 aliphatic carbocycles. The van der Waals surface area contributed by atoms with Gasteiger partial charge in [0.1, 0.15) is 12.4 Å². The predicted molar refractivity (Wildman–Crippen MR) is 73.6 cm³/mol. The third-order valence-corrected chi connectivity index (χ3v) is 2.67. The number of hydrogen-bond donors (Lipinski definition) is 2. The maximum atomic E-state index is 10.7. The van der Waals surface area contributed by atoms with E-state index >= 15 is 0 Å². The maximum absolute atomic E-state index is 10.7. The van der Waals surface area contributed by atoms with Gasteiger partial charge in [-0.15, -0.1) is 0 Å². The smallest absolute Gasteiger partial charge is 0.335 e. The summed E-state index contributed by atoms with van der Waals surface area (Å²) in [6.07, 6.45) is 1.31. The van der Waals surface area contributed by atoms with E-state index in [1.165, 1.54) is 18.3 Å². The molecule has 2 aromatic carbocycles. The summed E-state index contributed by atoms with van der Waals surface area (Å²) < 4.78 is 5.59. The first-order chi connectivity index (χ1) is 9.69. The van der Waals surface area contributed by atoms with Gasteiger partial charge in [0, 0.05) is 0 Å². The van der Waals surface area contributed by atoms with Gasteiger partial charge in [-0.1, -0.05) is 29.4 Å². The first kappa shape index (κ1) is 13.6. The molecule has 0 spiro atoms. The van der Waals surface area contributed by atoms with Gasteiger partial charge < -0.3 is 15.1 Å². The Morgan fingerprint density at radius 3 is 2.60 bits per heavy atom. The molecular formula is C15H13NO4. The van der Waals surface area contributed by atoms with Gasteiger partial charge in [0.15, 0.2) is 0 Å². The molecule has 0 radical (unpaired) electrons. The van der Waals surface area contributed by atoms with Gasteiger partial charge in [0.05, 0.1) is 11.8 Å². The van der Waals surface area contributed by atoms with Crippen molar-refractivity contribution in [1.29, 1.82) is 0 Å².